The van der Waals surface area contributed by atoms with Gasteiger partial charge in [-0.3, -0.25) is 0 Å². The van der Waals surface area contributed by atoms with Crippen LogP contribution in [0.4, 0.5) is 11.5 Å². The van der Waals surface area contributed by atoms with Crippen LogP contribution in [0.15, 0.2) is 36.4 Å². The molecule has 104 valence electrons. The van der Waals surface area contributed by atoms with Crippen molar-refractivity contribution in [2.75, 3.05) is 18.1 Å². The van der Waals surface area contributed by atoms with Gasteiger partial charge in [0, 0.05) is 18.1 Å². The number of rotatable bonds is 2. The molecule has 0 N–H and O–H groups in total. The summed E-state index contributed by atoms with van der Waals surface area (Å²) in [5.41, 5.74) is 3.14. The molecule has 0 unspecified atom stereocenters. The molecule has 0 spiro atoms. The molecule has 0 aliphatic carbocycles. The van der Waals surface area contributed by atoms with Crippen molar-refractivity contribution < 1.29 is 4.74 Å². The number of aromatic nitrogens is 1. The second-order valence-electron chi connectivity index (χ2n) is 4.87. The molecule has 20 heavy (non-hydrogen) atoms. The van der Waals surface area contributed by atoms with Gasteiger partial charge in [-0.05, 0) is 37.1 Å². The third kappa shape index (κ3) is 2.46. The van der Waals surface area contributed by atoms with Crippen LogP contribution >= 0.6 is 11.6 Å². The Hall–Kier alpha value is -1.74. The first-order valence-electron chi connectivity index (χ1n) is 6.81. The normalized spacial score (nSPS) is 14.4. The number of fused-ring (bicyclic) bond motifs is 1. The Labute approximate surface area is 124 Å². The highest BCUT2D eigenvalue weighted by Gasteiger charge is 2.18. The van der Waals surface area contributed by atoms with Crippen LogP contribution in [0.25, 0.3) is 0 Å². The molecule has 2 aromatic rings. The van der Waals surface area contributed by atoms with Crippen LogP contribution in [-0.4, -0.2) is 18.1 Å². The molecule has 0 radical (unpaired) electrons. The standard InChI is InChI=1S/C16H17ClN2O/c1-12-13(11-17)7-8-16(18-12)19-9-4-10-20-15-6-3-2-5-14(15)19/h2-3,5-8H,4,9-11H2,1H3. The van der Waals surface area contributed by atoms with Crippen LogP contribution in [0.1, 0.15) is 17.7 Å². The van der Waals surface area contributed by atoms with E-state index in [9.17, 15) is 0 Å². The van der Waals surface area contributed by atoms with E-state index >= 15 is 0 Å². The van der Waals surface area contributed by atoms with Crippen molar-refractivity contribution >= 4 is 23.1 Å². The topological polar surface area (TPSA) is 25.4 Å². The molecule has 1 aromatic carbocycles. The van der Waals surface area contributed by atoms with Crippen LogP contribution in [0.5, 0.6) is 5.75 Å². The molecule has 1 aliphatic heterocycles. The van der Waals surface area contributed by atoms with Crippen LogP contribution in [0, 0.1) is 6.92 Å². The first-order chi connectivity index (χ1) is 9.79. The Bertz CT molecular complexity index is 615. The van der Waals surface area contributed by atoms with Crippen molar-refractivity contribution in [1.29, 1.82) is 0 Å². The average molecular weight is 289 g/mol. The molecule has 2 heterocycles. The maximum Gasteiger partial charge on any atom is 0.142 e. The monoisotopic (exact) mass is 288 g/mol. The minimum Gasteiger partial charge on any atom is -0.491 e. The molecule has 0 bridgehead atoms. The van der Waals surface area contributed by atoms with Gasteiger partial charge in [0.05, 0.1) is 12.3 Å². The first kappa shape index (κ1) is 13.3. The van der Waals surface area contributed by atoms with Gasteiger partial charge in [0.15, 0.2) is 0 Å². The predicted molar refractivity (Wildman–Crippen MR) is 82.1 cm³/mol. The quantitative estimate of drug-likeness (QED) is 0.780. The van der Waals surface area contributed by atoms with Crippen molar-refractivity contribution in [1.82, 2.24) is 4.98 Å². The lowest BCUT2D eigenvalue weighted by Gasteiger charge is -2.23. The van der Waals surface area contributed by atoms with E-state index in [0.29, 0.717) is 5.88 Å². The fraction of sp³-hybridized carbons (Fsp3) is 0.312. The maximum absolute atomic E-state index is 5.90. The Kier molecular flexibility index (Phi) is 3.79. The van der Waals surface area contributed by atoms with E-state index in [1.54, 1.807) is 0 Å². The van der Waals surface area contributed by atoms with Gasteiger partial charge < -0.3 is 9.64 Å². The number of ether oxygens (including phenoxy) is 1. The largest absolute Gasteiger partial charge is 0.491 e. The predicted octanol–water partition coefficient (Wildman–Crippen LogP) is 4.05. The summed E-state index contributed by atoms with van der Waals surface area (Å²) in [6, 6.07) is 12.2. The molecule has 3 nitrogen and oxygen atoms in total. The summed E-state index contributed by atoms with van der Waals surface area (Å²) in [6.45, 7) is 3.65. The molecular weight excluding hydrogens is 272 g/mol. The summed E-state index contributed by atoms with van der Waals surface area (Å²) in [5, 5.41) is 0. The number of anilines is 2. The third-order valence-corrected chi connectivity index (χ3v) is 3.83. The zero-order valence-corrected chi connectivity index (χ0v) is 12.2. The molecule has 0 saturated carbocycles. The van der Waals surface area contributed by atoms with E-state index in [0.717, 1.165) is 48.1 Å². The average Bonchev–Trinajstić information content (AvgIpc) is 2.69. The molecule has 3 rings (SSSR count). The summed E-state index contributed by atoms with van der Waals surface area (Å²) in [7, 11) is 0. The molecule has 1 aromatic heterocycles. The number of alkyl halides is 1. The Morgan fingerprint density at radius 1 is 1.25 bits per heavy atom. The minimum atomic E-state index is 0.499. The molecule has 0 atom stereocenters. The van der Waals surface area contributed by atoms with Gasteiger partial charge in [-0.2, -0.15) is 0 Å². The zero-order valence-electron chi connectivity index (χ0n) is 11.5. The summed E-state index contributed by atoms with van der Waals surface area (Å²) in [5.74, 6) is 2.37. The summed E-state index contributed by atoms with van der Waals surface area (Å²) < 4.78 is 5.78. The van der Waals surface area contributed by atoms with Crippen LogP contribution in [0.3, 0.4) is 0 Å². The number of pyridine rings is 1. The van der Waals surface area contributed by atoms with E-state index in [2.05, 4.69) is 17.0 Å². The number of nitrogens with zero attached hydrogens (tertiary/aromatic N) is 2. The van der Waals surface area contributed by atoms with E-state index < -0.39 is 0 Å². The Balaban J connectivity index is 2.03. The van der Waals surface area contributed by atoms with E-state index in [1.165, 1.54) is 0 Å². The number of hydrogen-bond acceptors (Lipinski definition) is 3. The second kappa shape index (κ2) is 5.71. The van der Waals surface area contributed by atoms with Gasteiger partial charge in [-0.15, -0.1) is 11.6 Å². The minimum absolute atomic E-state index is 0.499. The van der Waals surface area contributed by atoms with Crippen molar-refractivity contribution in [2.45, 2.75) is 19.2 Å². The molecular formula is C16H17ClN2O. The molecule has 1 aliphatic rings. The first-order valence-corrected chi connectivity index (χ1v) is 7.35. The summed E-state index contributed by atoms with van der Waals surface area (Å²) >= 11 is 5.90. The van der Waals surface area contributed by atoms with Gasteiger partial charge in [-0.25, -0.2) is 4.98 Å². The molecule has 0 saturated heterocycles. The highest BCUT2D eigenvalue weighted by atomic mass is 35.5. The highest BCUT2D eigenvalue weighted by molar-refractivity contribution is 6.17. The lowest BCUT2D eigenvalue weighted by molar-refractivity contribution is 0.322. The second-order valence-corrected chi connectivity index (χ2v) is 5.14. The number of benzene rings is 1. The van der Waals surface area contributed by atoms with E-state index in [-0.39, 0.29) is 0 Å². The maximum atomic E-state index is 5.90. The van der Waals surface area contributed by atoms with Crippen molar-refractivity contribution in [3.8, 4) is 5.75 Å². The number of hydrogen-bond donors (Lipinski definition) is 0. The number of halogens is 1. The van der Waals surface area contributed by atoms with Crippen LogP contribution < -0.4 is 9.64 Å². The smallest absolute Gasteiger partial charge is 0.142 e. The molecule has 4 heteroatoms. The van der Waals surface area contributed by atoms with Crippen molar-refractivity contribution in [2.24, 2.45) is 0 Å². The van der Waals surface area contributed by atoms with Gasteiger partial charge in [0.1, 0.15) is 11.6 Å². The van der Waals surface area contributed by atoms with Crippen molar-refractivity contribution in [3.63, 3.8) is 0 Å². The van der Waals surface area contributed by atoms with Gasteiger partial charge >= 0.3 is 0 Å². The fourth-order valence-corrected chi connectivity index (χ4v) is 2.72. The lowest BCUT2D eigenvalue weighted by atomic mass is 10.2. The van der Waals surface area contributed by atoms with Crippen LogP contribution in [-0.2, 0) is 5.88 Å². The third-order valence-electron chi connectivity index (χ3n) is 3.54. The molecule has 0 fully saturated rings. The SMILES string of the molecule is Cc1nc(N2CCCOc3ccccc32)ccc1CCl. The lowest BCUT2D eigenvalue weighted by Crippen LogP contribution is -2.19. The highest BCUT2D eigenvalue weighted by Crippen LogP contribution is 2.35. The summed E-state index contributed by atoms with van der Waals surface area (Å²) in [6.07, 6.45) is 0.979. The van der Waals surface area contributed by atoms with E-state index in [4.69, 9.17) is 21.3 Å². The summed E-state index contributed by atoms with van der Waals surface area (Å²) in [4.78, 5) is 6.91. The Morgan fingerprint density at radius 2 is 2.10 bits per heavy atom. The van der Waals surface area contributed by atoms with Gasteiger partial charge in [0.25, 0.3) is 0 Å². The van der Waals surface area contributed by atoms with Crippen molar-refractivity contribution in [3.05, 3.63) is 47.7 Å². The van der Waals surface area contributed by atoms with Gasteiger partial charge in [0.2, 0.25) is 0 Å². The van der Waals surface area contributed by atoms with Gasteiger partial charge in [-0.1, -0.05) is 18.2 Å². The zero-order chi connectivity index (χ0) is 13.9. The Morgan fingerprint density at radius 3 is 2.90 bits per heavy atom. The molecule has 0 amide bonds. The fourth-order valence-electron chi connectivity index (χ4n) is 2.43. The van der Waals surface area contributed by atoms with E-state index in [1.807, 2.05) is 31.2 Å². The number of para-hydroxylation sites is 2. The number of aryl methyl sites for hydroxylation is 1. The van der Waals surface area contributed by atoms with Crippen LogP contribution in [0.2, 0.25) is 0 Å².